The summed E-state index contributed by atoms with van der Waals surface area (Å²) in [5.74, 6) is -0.0124. The average Bonchev–Trinajstić information content (AvgIpc) is 2.51. The molecule has 0 aliphatic carbocycles. The van der Waals surface area contributed by atoms with Gasteiger partial charge in [-0.3, -0.25) is 10.1 Å². The third kappa shape index (κ3) is 2.64. The van der Waals surface area contributed by atoms with Crippen LogP contribution in [0.3, 0.4) is 0 Å². The van der Waals surface area contributed by atoms with Crippen molar-refractivity contribution in [1.29, 1.82) is 0 Å². The minimum absolute atomic E-state index is 0.0343. The van der Waals surface area contributed by atoms with Crippen LogP contribution in [0.4, 0.5) is 0 Å². The molecule has 3 nitrogen and oxygen atoms in total. The van der Waals surface area contributed by atoms with Crippen molar-refractivity contribution in [2.24, 2.45) is 0 Å². The SMILES string of the molecule is CCCC1(CCC)N[C@H](C(=O)O)CS1. The van der Waals surface area contributed by atoms with Crippen molar-refractivity contribution in [2.45, 2.75) is 50.4 Å². The number of carboxylic acids is 1. The first-order valence-corrected chi connectivity index (χ1v) is 6.26. The molecule has 1 heterocycles. The Balaban J connectivity index is 2.58. The van der Waals surface area contributed by atoms with E-state index in [1.165, 1.54) is 0 Å². The Morgan fingerprint density at radius 2 is 2.07 bits per heavy atom. The highest BCUT2D eigenvalue weighted by Gasteiger charge is 2.40. The summed E-state index contributed by atoms with van der Waals surface area (Å²) in [4.78, 5) is 10.9. The summed E-state index contributed by atoms with van der Waals surface area (Å²) in [6.07, 6.45) is 4.34. The van der Waals surface area contributed by atoms with Crippen LogP contribution >= 0.6 is 11.8 Å². The van der Waals surface area contributed by atoms with E-state index in [2.05, 4.69) is 19.2 Å². The molecule has 1 aliphatic rings. The second kappa shape index (κ2) is 5.03. The van der Waals surface area contributed by atoms with E-state index in [1.54, 1.807) is 11.8 Å². The standard InChI is InChI=1S/C10H19NO2S/c1-3-5-10(6-4-2)11-8(7-14-10)9(12)13/h8,11H,3-7H2,1-2H3,(H,12,13)/t8-/m0/s1. The van der Waals surface area contributed by atoms with Gasteiger partial charge in [-0.05, 0) is 12.8 Å². The lowest BCUT2D eigenvalue weighted by Crippen LogP contribution is -2.45. The minimum atomic E-state index is -0.716. The summed E-state index contributed by atoms with van der Waals surface area (Å²) in [5.41, 5.74) is 0. The Morgan fingerprint density at radius 1 is 1.50 bits per heavy atom. The molecule has 82 valence electrons. The van der Waals surface area contributed by atoms with Crippen LogP contribution in [0.25, 0.3) is 0 Å². The van der Waals surface area contributed by atoms with Crippen LogP contribution in [0.5, 0.6) is 0 Å². The van der Waals surface area contributed by atoms with Crippen LogP contribution in [0.15, 0.2) is 0 Å². The fourth-order valence-corrected chi connectivity index (χ4v) is 3.63. The number of hydrogen-bond donors (Lipinski definition) is 2. The van der Waals surface area contributed by atoms with E-state index >= 15 is 0 Å². The van der Waals surface area contributed by atoms with E-state index in [1.807, 2.05) is 0 Å². The van der Waals surface area contributed by atoms with Crippen molar-refractivity contribution in [3.8, 4) is 0 Å². The first-order chi connectivity index (χ1) is 6.63. The smallest absolute Gasteiger partial charge is 0.321 e. The number of rotatable bonds is 5. The van der Waals surface area contributed by atoms with E-state index < -0.39 is 5.97 Å². The summed E-state index contributed by atoms with van der Waals surface area (Å²) in [6, 6.07) is -0.349. The first-order valence-electron chi connectivity index (χ1n) is 5.28. The second-order valence-electron chi connectivity index (χ2n) is 3.84. The number of aliphatic carboxylic acids is 1. The largest absolute Gasteiger partial charge is 0.480 e. The topological polar surface area (TPSA) is 49.3 Å². The molecular formula is C10H19NO2S. The molecule has 0 aromatic rings. The summed E-state index contributed by atoms with van der Waals surface area (Å²) in [7, 11) is 0. The summed E-state index contributed by atoms with van der Waals surface area (Å²) < 4.78 is 0. The van der Waals surface area contributed by atoms with Crippen LogP contribution in [0.2, 0.25) is 0 Å². The van der Waals surface area contributed by atoms with Gasteiger partial charge < -0.3 is 5.11 Å². The lowest BCUT2D eigenvalue weighted by atomic mass is 10.1. The van der Waals surface area contributed by atoms with Gasteiger partial charge in [0.2, 0.25) is 0 Å². The van der Waals surface area contributed by atoms with E-state index in [9.17, 15) is 4.79 Å². The number of hydrogen-bond acceptors (Lipinski definition) is 3. The molecule has 1 rings (SSSR count). The highest BCUT2D eigenvalue weighted by atomic mass is 32.2. The van der Waals surface area contributed by atoms with Gasteiger partial charge in [-0.25, -0.2) is 0 Å². The van der Waals surface area contributed by atoms with Crippen LogP contribution < -0.4 is 5.32 Å². The summed E-state index contributed by atoms with van der Waals surface area (Å²) >= 11 is 1.78. The fourth-order valence-electron chi connectivity index (χ4n) is 2.00. The van der Waals surface area contributed by atoms with Crippen molar-refractivity contribution < 1.29 is 9.90 Å². The Bertz CT molecular complexity index is 202. The third-order valence-electron chi connectivity index (χ3n) is 2.57. The normalized spacial score (nSPS) is 25.1. The van der Waals surface area contributed by atoms with E-state index in [0.29, 0.717) is 5.75 Å². The van der Waals surface area contributed by atoms with Gasteiger partial charge in [-0.2, -0.15) is 0 Å². The Morgan fingerprint density at radius 3 is 2.43 bits per heavy atom. The molecule has 1 saturated heterocycles. The molecule has 0 spiro atoms. The van der Waals surface area contributed by atoms with Crippen LogP contribution in [0.1, 0.15) is 39.5 Å². The van der Waals surface area contributed by atoms with Gasteiger partial charge in [-0.1, -0.05) is 26.7 Å². The molecule has 1 atom stereocenters. The Labute approximate surface area is 89.6 Å². The van der Waals surface area contributed by atoms with Gasteiger partial charge in [-0.15, -0.1) is 11.8 Å². The van der Waals surface area contributed by atoms with Gasteiger partial charge in [0.15, 0.2) is 0 Å². The average molecular weight is 217 g/mol. The van der Waals surface area contributed by atoms with Crippen LogP contribution in [0, 0.1) is 0 Å². The maximum absolute atomic E-state index is 10.8. The number of carbonyl (C=O) groups is 1. The summed E-state index contributed by atoms with van der Waals surface area (Å²) in [5, 5.41) is 12.2. The molecule has 0 unspecified atom stereocenters. The number of nitrogens with one attached hydrogen (secondary N) is 1. The van der Waals surface area contributed by atoms with Crippen molar-refractivity contribution in [3.63, 3.8) is 0 Å². The van der Waals surface area contributed by atoms with Crippen molar-refractivity contribution in [3.05, 3.63) is 0 Å². The van der Waals surface area contributed by atoms with Gasteiger partial charge in [0, 0.05) is 5.75 Å². The predicted molar refractivity (Wildman–Crippen MR) is 59.6 cm³/mol. The molecule has 0 aromatic carbocycles. The number of carboxylic acid groups (broad SMARTS) is 1. The van der Waals surface area contributed by atoms with Gasteiger partial charge in [0.25, 0.3) is 0 Å². The van der Waals surface area contributed by atoms with E-state index in [-0.39, 0.29) is 10.9 Å². The molecular weight excluding hydrogens is 198 g/mol. The highest BCUT2D eigenvalue weighted by molar-refractivity contribution is 8.00. The van der Waals surface area contributed by atoms with Crippen molar-refractivity contribution in [2.75, 3.05) is 5.75 Å². The zero-order valence-electron chi connectivity index (χ0n) is 8.88. The molecule has 0 radical (unpaired) electrons. The fraction of sp³-hybridized carbons (Fsp3) is 0.900. The maximum Gasteiger partial charge on any atom is 0.321 e. The van der Waals surface area contributed by atoms with E-state index in [0.717, 1.165) is 25.7 Å². The molecule has 0 bridgehead atoms. The molecule has 1 aliphatic heterocycles. The summed E-state index contributed by atoms with van der Waals surface area (Å²) in [6.45, 7) is 4.29. The first kappa shape index (κ1) is 11.9. The predicted octanol–water partition coefficient (Wildman–Crippen LogP) is 2.07. The maximum atomic E-state index is 10.8. The molecule has 1 fully saturated rings. The van der Waals surface area contributed by atoms with Gasteiger partial charge >= 0.3 is 5.97 Å². The third-order valence-corrected chi connectivity index (χ3v) is 4.15. The lowest BCUT2D eigenvalue weighted by Gasteiger charge is -2.28. The lowest BCUT2D eigenvalue weighted by molar-refractivity contribution is -0.138. The Kier molecular flexibility index (Phi) is 4.26. The minimum Gasteiger partial charge on any atom is -0.480 e. The molecule has 2 N–H and O–H groups in total. The zero-order chi connectivity index (χ0) is 10.6. The molecule has 14 heavy (non-hydrogen) atoms. The molecule has 0 amide bonds. The Hall–Kier alpha value is -0.220. The molecule has 4 heteroatoms. The van der Waals surface area contributed by atoms with Crippen LogP contribution in [-0.2, 0) is 4.79 Å². The van der Waals surface area contributed by atoms with Gasteiger partial charge in [0.05, 0.1) is 4.87 Å². The van der Waals surface area contributed by atoms with Crippen molar-refractivity contribution >= 4 is 17.7 Å². The molecule has 0 aromatic heterocycles. The van der Waals surface area contributed by atoms with Gasteiger partial charge in [0.1, 0.15) is 6.04 Å². The van der Waals surface area contributed by atoms with Crippen molar-refractivity contribution in [1.82, 2.24) is 5.32 Å². The highest BCUT2D eigenvalue weighted by Crippen LogP contribution is 2.38. The van der Waals surface area contributed by atoms with Crippen LogP contribution in [-0.4, -0.2) is 27.7 Å². The zero-order valence-corrected chi connectivity index (χ0v) is 9.69. The quantitative estimate of drug-likeness (QED) is 0.740. The number of thioether (sulfide) groups is 1. The monoisotopic (exact) mass is 217 g/mol. The van der Waals surface area contributed by atoms with E-state index in [4.69, 9.17) is 5.11 Å². The molecule has 0 saturated carbocycles. The second-order valence-corrected chi connectivity index (χ2v) is 5.24.